The topological polar surface area (TPSA) is 65.5 Å². The van der Waals surface area contributed by atoms with Crippen LogP contribution in [0, 0.1) is 0 Å². The number of anilines is 2. The first-order valence-electron chi connectivity index (χ1n) is 9.12. The zero-order chi connectivity index (χ0) is 20.2. The minimum absolute atomic E-state index is 0.530. The van der Waals surface area contributed by atoms with Crippen LogP contribution in [0.25, 0.3) is 22.3 Å². The SMILES string of the molecule is COc1cc(-c2nc(Nc3ccccc3)c3ccccc3n2)cc(OC)c1OC. The molecule has 1 aromatic heterocycles. The number of rotatable bonds is 6. The Balaban J connectivity index is 1.89. The molecule has 3 aromatic carbocycles. The first-order chi connectivity index (χ1) is 14.2. The van der Waals surface area contributed by atoms with Crippen molar-refractivity contribution in [3.8, 4) is 28.6 Å². The summed E-state index contributed by atoms with van der Waals surface area (Å²) in [6.07, 6.45) is 0. The molecule has 0 aliphatic rings. The van der Waals surface area contributed by atoms with Gasteiger partial charge in [0, 0.05) is 16.6 Å². The third-order valence-electron chi connectivity index (χ3n) is 4.56. The summed E-state index contributed by atoms with van der Waals surface area (Å²) in [6.45, 7) is 0. The Morgan fingerprint density at radius 3 is 2.03 bits per heavy atom. The molecule has 0 saturated carbocycles. The van der Waals surface area contributed by atoms with Crippen molar-refractivity contribution < 1.29 is 14.2 Å². The fourth-order valence-corrected chi connectivity index (χ4v) is 3.17. The molecular weight excluding hydrogens is 366 g/mol. The van der Waals surface area contributed by atoms with E-state index in [-0.39, 0.29) is 0 Å². The zero-order valence-corrected chi connectivity index (χ0v) is 16.5. The number of benzene rings is 3. The number of hydrogen-bond acceptors (Lipinski definition) is 6. The molecule has 0 atom stereocenters. The molecule has 0 saturated heterocycles. The summed E-state index contributed by atoms with van der Waals surface area (Å²) in [4.78, 5) is 9.55. The molecule has 0 radical (unpaired) electrons. The van der Waals surface area contributed by atoms with Gasteiger partial charge in [0.1, 0.15) is 5.82 Å². The quantitative estimate of drug-likeness (QED) is 0.498. The van der Waals surface area contributed by atoms with Crippen molar-refractivity contribution in [3.05, 3.63) is 66.7 Å². The van der Waals surface area contributed by atoms with Gasteiger partial charge in [0.15, 0.2) is 17.3 Å². The lowest BCUT2D eigenvalue weighted by atomic mass is 10.1. The average molecular weight is 387 g/mol. The van der Waals surface area contributed by atoms with Gasteiger partial charge in [-0.05, 0) is 36.4 Å². The molecule has 0 fully saturated rings. The van der Waals surface area contributed by atoms with Gasteiger partial charge in [-0.1, -0.05) is 30.3 Å². The largest absolute Gasteiger partial charge is 0.493 e. The van der Waals surface area contributed by atoms with Crippen LogP contribution in [0.1, 0.15) is 0 Å². The second-order valence-electron chi connectivity index (χ2n) is 6.32. The highest BCUT2D eigenvalue weighted by Gasteiger charge is 2.17. The predicted octanol–water partition coefficient (Wildman–Crippen LogP) is 5.07. The molecule has 0 aliphatic heterocycles. The second-order valence-corrected chi connectivity index (χ2v) is 6.32. The smallest absolute Gasteiger partial charge is 0.203 e. The molecule has 0 bridgehead atoms. The fourth-order valence-electron chi connectivity index (χ4n) is 3.17. The fraction of sp³-hybridized carbons (Fsp3) is 0.130. The van der Waals surface area contributed by atoms with E-state index < -0.39 is 0 Å². The van der Waals surface area contributed by atoms with Crippen LogP contribution < -0.4 is 19.5 Å². The van der Waals surface area contributed by atoms with Crippen molar-refractivity contribution in [3.63, 3.8) is 0 Å². The van der Waals surface area contributed by atoms with E-state index in [2.05, 4.69) is 5.32 Å². The van der Waals surface area contributed by atoms with Crippen molar-refractivity contribution in [1.82, 2.24) is 9.97 Å². The number of methoxy groups -OCH3 is 3. The Morgan fingerprint density at radius 2 is 1.38 bits per heavy atom. The summed E-state index contributed by atoms with van der Waals surface area (Å²) in [7, 11) is 4.75. The van der Waals surface area contributed by atoms with Crippen molar-refractivity contribution in [2.45, 2.75) is 0 Å². The molecule has 4 rings (SSSR count). The Morgan fingerprint density at radius 1 is 0.724 bits per heavy atom. The number of para-hydroxylation sites is 2. The highest BCUT2D eigenvalue weighted by molar-refractivity contribution is 5.92. The Labute approximate surface area is 169 Å². The van der Waals surface area contributed by atoms with Crippen LogP contribution in [-0.2, 0) is 0 Å². The van der Waals surface area contributed by atoms with Crippen LogP contribution in [0.15, 0.2) is 66.7 Å². The van der Waals surface area contributed by atoms with Crippen molar-refractivity contribution in [2.75, 3.05) is 26.6 Å². The molecule has 4 aromatic rings. The summed E-state index contributed by atoms with van der Waals surface area (Å²) in [5.41, 5.74) is 2.55. The minimum atomic E-state index is 0.530. The lowest BCUT2D eigenvalue weighted by Gasteiger charge is -2.15. The first-order valence-corrected chi connectivity index (χ1v) is 9.12. The number of ether oxygens (including phenoxy) is 3. The van der Waals surface area contributed by atoms with Crippen LogP contribution in [0.5, 0.6) is 17.2 Å². The molecule has 0 amide bonds. The third-order valence-corrected chi connectivity index (χ3v) is 4.56. The van der Waals surface area contributed by atoms with Gasteiger partial charge in [0.25, 0.3) is 0 Å². The van der Waals surface area contributed by atoms with Gasteiger partial charge in [0.2, 0.25) is 5.75 Å². The van der Waals surface area contributed by atoms with Crippen molar-refractivity contribution in [1.29, 1.82) is 0 Å². The van der Waals surface area contributed by atoms with E-state index in [1.165, 1.54) is 0 Å². The third kappa shape index (κ3) is 3.65. The van der Waals surface area contributed by atoms with E-state index in [1.54, 1.807) is 21.3 Å². The summed E-state index contributed by atoms with van der Waals surface area (Å²) < 4.78 is 16.4. The van der Waals surface area contributed by atoms with Gasteiger partial charge in [-0.3, -0.25) is 0 Å². The summed E-state index contributed by atoms with van der Waals surface area (Å²) >= 11 is 0. The maximum Gasteiger partial charge on any atom is 0.203 e. The van der Waals surface area contributed by atoms with Gasteiger partial charge >= 0.3 is 0 Å². The van der Waals surface area contributed by atoms with Crippen LogP contribution in [0.2, 0.25) is 0 Å². The van der Waals surface area contributed by atoms with Gasteiger partial charge in [-0.2, -0.15) is 0 Å². The summed E-state index contributed by atoms with van der Waals surface area (Å²) in [5.74, 6) is 2.92. The number of aromatic nitrogens is 2. The molecule has 0 aliphatic carbocycles. The van der Waals surface area contributed by atoms with E-state index in [1.807, 2.05) is 66.7 Å². The van der Waals surface area contributed by atoms with E-state index in [9.17, 15) is 0 Å². The number of nitrogens with zero attached hydrogens (tertiary/aromatic N) is 2. The van der Waals surface area contributed by atoms with Gasteiger partial charge < -0.3 is 19.5 Å². The van der Waals surface area contributed by atoms with Crippen LogP contribution in [0.3, 0.4) is 0 Å². The summed E-state index contributed by atoms with van der Waals surface area (Å²) in [6, 6.07) is 21.5. The number of nitrogens with one attached hydrogen (secondary N) is 1. The first kappa shape index (κ1) is 18.6. The lowest BCUT2D eigenvalue weighted by molar-refractivity contribution is 0.324. The van der Waals surface area contributed by atoms with Crippen LogP contribution >= 0.6 is 0 Å². The molecule has 0 spiro atoms. The van der Waals surface area contributed by atoms with Crippen LogP contribution in [-0.4, -0.2) is 31.3 Å². The minimum Gasteiger partial charge on any atom is -0.493 e. The monoisotopic (exact) mass is 387 g/mol. The molecular formula is C23H21N3O3. The molecule has 0 unspecified atom stereocenters. The van der Waals surface area contributed by atoms with Gasteiger partial charge in [-0.15, -0.1) is 0 Å². The van der Waals surface area contributed by atoms with Gasteiger partial charge in [-0.25, -0.2) is 9.97 Å². The Hall–Kier alpha value is -3.80. The Kier molecular flexibility index (Phi) is 5.16. The second kappa shape index (κ2) is 8.06. The van der Waals surface area contributed by atoms with Crippen molar-refractivity contribution >= 4 is 22.4 Å². The van der Waals surface area contributed by atoms with Crippen molar-refractivity contribution in [2.24, 2.45) is 0 Å². The maximum atomic E-state index is 5.48. The van der Waals surface area contributed by atoms with E-state index in [0.717, 1.165) is 28.0 Å². The Bertz CT molecular complexity index is 1120. The van der Waals surface area contributed by atoms with Gasteiger partial charge in [0.05, 0.1) is 26.8 Å². The summed E-state index contributed by atoms with van der Waals surface area (Å²) in [5, 5.41) is 4.34. The number of fused-ring (bicyclic) bond motifs is 1. The highest BCUT2D eigenvalue weighted by Crippen LogP contribution is 2.41. The molecule has 29 heavy (non-hydrogen) atoms. The standard InChI is InChI=1S/C23H21N3O3/c1-27-19-13-15(14-20(28-2)21(19)29-3)22-25-18-12-8-7-11-17(18)23(26-22)24-16-9-5-4-6-10-16/h4-14H,1-3H3,(H,24,25,26). The van der Waals surface area contributed by atoms with E-state index >= 15 is 0 Å². The maximum absolute atomic E-state index is 5.48. The van der Waals surface area contributed by atoms with E-state index in [4.69, 9.17) is 24.2 Å². The molecule has 6 heteroatoms. The lowest BCUT2D eigenvalue weighted by Crippen LogP contribution is -2.00. The zero-order valence-electron chi connectivity index (χ0n) is 16.5. The average Bonchev–Trinajstić information content (AvgIpc) is 2.78. The normalized spacial score (nSPS) is 10.6. The molecule has 6 nitrogen and oxygen atoms in total. The molecule has 146 valence electrons. The van der Waals surface area contributed by atoms with E-state index in [0.29, 0.717) is 23.1 Å². The number of hydrogen-bond donors (Lipinski definition) is 1. The predicted molar refractivity (Wildman–Crippen MR) is 114 cm³/mol. The molecule has 1 heterocycles. The van der Waals surface area contributed by atoms with Crippen LogP contribution in [0.4, 0.5) is 11.5 Å². The molecule has 1 N–H and O–H groups in total. The highest BCUT2D eigenvalue weighted by atomic mass is 16.5.